The predicted molar refractivity (Wildman–Crippen MR) is 75.6 cm³/mol. The van der Waals surface area contributed by atoms with Gasteiger partial charge in [-0.1, -0.05) is 29.3 Å². The molecule has 0 aromatic heterocycles. The van der Waals surface area contributed by atoms with Gasteiger partial charge in [-0.3, -0.25) is 0 Å². The van der Waals surface area contributed by atoms with Crippen LogP contribution in [-0.4, -0.2) is 0 Å². The van der Waals surface area contributed by atoms with Crippen molar-refractivity contribution >= 4 is 34.6 Å². The molecule has 90 valence electrons. The standard InChI is InChI=1S/C14H10Cl2N2/c1-9-12(16)3-2-4-13(9)18-14-7-11(15)6-5-10(14)8-17/h2-7,18H,1H3. The number of nitrogens with zero attached hydrogens (tertiary/aromatic N) is 1. The molecule has 0 aliphatic carbocycles. The summed E-state index contributed by atoms with van der Waals surface area (Å²) < 4.78 is 0. The fourth-order valence-corrected chi connectivity index (χ4v) is 1.95. The van der Waals surface area contributed by atoms with E-state index in [4.69, 9.17) is 28.5 Å². The summed E-state index contributed by atoms with van der Waals surface area (Å²) in [5.74, 6) is 0. The molecule has 0 atom stereocenters. The lowest BCUT2D eigenvalue weighted by atomic mass is 10.1. The van der Waals surface area contributed by atoms with Crippen LogP contribution in [0.3, 0.4) is 0 Å². The molecule has 1 N–H and O–H groups in total. The molecule has 18 heavy (non-hydrogen) atoms. The van der Waals surface area contributed by atoms with Gasteiger partial charge >= 0.3 is 0 Å². The smallest absolute Gasteiger partial charge is 0.101 e. The number of anilines is 2. The van der Waals surface area contributed by atoms with Gasteiger partial charge in [0.15, 0.2) is 0 Å². The van der Waals surface area contributed by atoms with Crippen LogP contribution in [0.1, 0.15) is 11.1 Å². The second kappa shape index (κ2) is 5.30. The van der Waals surface area contributed by atoms with Crippen molar-refractivity contribution < 1.29 is 0 Å². The highest BCUT2D eigenvalue weighted by Gasteiger charge is 2.06. The van der Waals surface area contributed by atoms with Gasteiger partial charge in [0.05, 0.1) is 11.3 Å². The highest BCUT2D eigenvalue weighted by molar-refractivity contribution is 6.32. The minimum atomic E-state index is 0.541. The summed E-state index contributed by atoms with van der Waals surface area (Å²) in [7, 11) is 0. The minimum absolute atomic E-state index is 0.541. The van der Waals surface area contributed by atoms with E-state index >= 15 is 0 Å². The van der Waals surface area contributed by atoms with Crippen LogP contribution in [0.4, 0.5) is 11.4 Å². The predicted octanol–water partition coefficient (Wildman–Crippen LogP) is 4.92. The van der Waals surface area contributed by atoms with Gasteiger partial charge in [0, 0.05) is 15.7 Å². The first-order chi connectivity index (χ1) is 8.61. The van der Waals surface area contributed by atoms with Crippen molar-refractivity contribution in [2.24, 2.45) is 0 Å². The van der Waals surface area contributed by atoms with Crippen molar-refractivity contribution in [3.63, 3.8) is 0 Å². The minimum Gasteiger partial charge on any atom is -0.354 e. The average Bonchev–Trinajstić information content (AvgIpc) is 2.35. The lowest BCUT2D eigenvalue weighted by molar-refractivity contribution is 1.41. The molecule has 0 saturated heterocycles. The van der Waals surface area contributed by atoms with Crippen LogP contribution >= 0.6 is 23.2 Å². The molecule has 4 heteroatoms. The maximum atomic E-state index is 9.05. The summed E-state index contributed by atoms with van der Waals surface area (Å²) in [6, 6.07) is 12.8. The molecule has 0 bridgehead atoms. The number of hydrogen-bond donors (Lipinski definition) is 1. The first-order valence-corrected chi connectivity index (χ1v) is 6.09. The maximum absolute atomic E-state index is 9.05. The van der Waals surface area contributed by atoms with E-state index < -0.39 is 0 Å². The van der Waals surface area contributed by atoms with Gasteiger partial charge in [-0.25, -0.2) is 0 Å². The topological polar surface area (TPSA) is 35.8 Å². The Kier molecular flexibility index (Phi) is 3.76. The molecule has 0 aliphatic heterocycles. The highest BCUT2D eigenvalue weighted by atomic mass is 35.5. The zero-order chi connectivity index (χ0) is 13.1. The molecule has 0 amide bonds. The first kappa shape index (κ1) is 12.8. The van der Waals surface area contributed by atoms with Gasteiger partial charge in [0.25, 0.3) is 0 Å². The Morgan fingerprint density at radius 3 is 2.61 bits per heavy atom. The number of nitrogens with one attached hydrogen (secondary N) is 1. The Morgan fingerprint density at radius 1 is 1.11 bits per heavy atom. The van der Waals surface area contributed by atoms with Gasteiger partial charge in [-0.05, 0) is 42.8 Å². The van der Waals surface area contributed by atoms with Crippen LogP contribution < -0.4 is 5.32 Å². The van der Waals surface area contributed by atoms with Gasteiger partial charge in [0.2, 0.25) is 0 Å². The third kappa shape index (κ3) is 2.59. The zero-order valence-corrected chi connectivity index (χ0v) is 11.2. The quantitative estimate of drug-likeness (QED) is 0.845. The molecule has 2 aromatic rings. The summed E-state index contributed by atoms with van der Waals surface area (Å²) in [4.78, 5) is 0. The third-order valence-corrected chi connectivity index (χ3v) is 3.28. The summed E-state index contributed by atoms with van der Waals surface area (Å²) in [5.41, 5.74) is 3.01. The van der Waals surface area contributed by atoms with Crippen LogP contribution in [0.2, 0.25) is 10.0 Å². The Hall–Kier alpha value is -1.69. The molecule has 0 unspecified atom stereocenters. The van der Waals surface area contributed by atoms with E-state index in [1.54, 1.807) is 18.2 Å². The summed E-state index contributed by atoms with van der Waals surface area (Å²) in [5, 5.41) is 13.5. The Labute approximate surface area is 116 Å². The second-order valence-electron chi connectivity index (χ2n) is 3.84. The monoisotopic (exact) mass is 276 g/mol. The first-order valence-electron chi connectivity index (χ1n) is 5.33. The zero-order valence-electron chi connectivity index (χ0n) is 9.67. The Morgan fingerprint density at radius 2 is 1.89 bits per heavy atom. The third-order valence-electron chi connectivity index (χ3n) is 2.64. The van der Waals surface area contributed by atoms with Crippen molar-refractivity contribution in [2.75, 3.05) is 5.32 Å². The highest BCUT2D eigenvalue weighted by Crippen LogP contribution is 2.29. The number of benzene rings is 2. The molecule has 2 rings (SSSR count). The average molecular weight is 277 g/mol. The number of rotatable bonds is 2. The van der Waals surface area contributed by atoms with E-state index in [-0.39, 0.29) is 0 Å². The fraction of sp³-hybridized carbons (Fsp3) is 0.0714. The van der Waals surface area contributed by atoms with Crippen molar-refractivity contribution in [1.82, 2.24) is 0 Å². The van der Waals surface area contributed by atoms with Crippen molar-refractivity contribution in [3.8, 4) is 6.07 Å². The molecule has 0 spiro atoms. The molecule has 0 fully saturated rings. The number of nitriles is 1. The summed E-state index contributed by atoms with van der Waals surface area (Å²) in [6.45, 7) is 1.92. The molecule has 0 heterocycles. The van der Waals surface area contributed by atoms with E-state index in [9.17, 15) is 0 Å². The van der Waals surface area contributed by atoms with Gasteiger partial charge < -0.3 is 5.32 Å². The molecule has 0 aliphatic rings. The van der Waals surface area contributed by atoms with Crippen LogP contribution in [-0.2, 0) is 0 Å². The molecular formula is C14H10Cl2N2. The molecule has 2 aromatic carbocycles. The second-order valence-corrected chi connectivity index (χ2v) is 4.68. The largest absolute Gasteiger partial charge is 0.354 e. The van der Waals surface area contributed by atoms with Crippen LogP contribution in [0.25, 0.3) is 0 Å². The van der Waals surface area contributed by atoms with Crippen LogP contribution in [0, 0.1) is 18.3 Å². The van der Waals surface area contributed by atoms with E-state index in [1.165, 1.54) is 0 Å². The number of halogens is 2. The lowest BCUT2D eigenvalue weighted by Gasteiger charge is -2.12. The van der Waals surface area contributed by atoms with Crippen LogP contribution in [0.5, 0.6) is 0 Å². The summed E-state index contributed by atoms with van der Waals surface area (Å²) >= 11 is 12.0. The number of hydrogen-bond acceptors (Lipinski definition) is 2. The molecule has 0 saturated carbocycles. The van der Waals surface area contributed by atoms with E-state index in [0.717, 1.165) is 11.3 Å². The molecule has 0 radical (unpaired) electrons. The summed E-state index contributed by atoms with van der Waals surface area (Å²) in [6.07, 6.45) is 0. The fourth-order valence-electron chi connectivity index (χ4n) is 1.61. The van der Waals surface area contributed by atoms with Gasteiger partial charge in [-0.2, -0.15) is 5.26 Å². The molecule has 2 nitrogen and oxygen atoms in total. The van der Waals surface area contributed by atoms with E-state index in [2.05, 4.69) is 11.4 Å². The van der Waals surface area contributed by atoms with Crippen LogP contribution in [0.15, 0.2) is 36.4 Å². The Bertz CT molecular complexity index is 630. The van der Waals surface area contributed by atoms with Gasteiger partial charge in [0.1, 0.15) is 6.07 Å². The van der Waals surface area contributed by atoms with E-state index in [1.807, 2.05) is 25.1 Å². The SMILES string of the molecule is Cc1c(Cl)cccc1Nc1cc(Cl)ccc1C#N. The Balaban J connectivity index is 2.43. The normalized spacial score (nSPS) is 9.89. The lowest BCUT2D eigenvalue weighted by Crippen LogP contribution is -1.96. The maximum Gasteiger partial charge on any atom is 0.101 e. The van der Waals surface area contributed by atoms with Crippen molar-refractivity contribution in [1.29, 1.82) is 5.26 Å². The van der Waals surface area contributed by atoms with Gasteiger partial charge in [-0.15, -0.1) is 0 Å². The molecular weight excluding hydrogens is 267 g/mol. The van der Waals surface area contributed by atoms with Crippen molar-refractivity contribution in [3.05, 3.63) is 57.6 Å². The van der Waals surface area contributed by atoms with Crippen molar-refractivity contribution in [2.45, 2.75) is 6.92 Å². The van der Waals surface area contributed by atoms with E-state index in [0.29, 0.717) is 21.3 Å².